The van der Waals surface area contributed by atoms with E-state index in [0.717, 1.165) is 17.1 Å². The number of nitrogens with zero attached hydrogens (tertiary/aromatic N) is 2. The van der Waals surface area contributed by atoms with E-state index in [1.54, 1.807) is 18.7 Å². The molecule has 3 heterocycles. The summed E-state index contributed by atoms with van der Waals surface area (Å²) < 4.78 is 31.2. The smallest absolute Gasteiger partial charge is 0.337 e. The van der Waals surface area contributed by atoms with E-state index in [2.05, 4.69) is 10.6 Å². The second-order valence-electron chi connectivity index (χ2n) is 6.84. The number of fused-ring (bicyclic) bond motifs is 1. The average molecular weight is 400 g/mol. The molecule has 10 nitrogen and oxygen atoms in total. The van der Waals surface area contributed by atoms with Gasteiger partial charge in [-0.25, -0.2) is 27.1 Å². The number of rotatable bonds is 4. The first-order valence-corrected chi connectivity index (χ1v) is 10.6. The fraction of sp³-hybridized carbons (Fsp3) is 0.688. The summed E-state index contributed by atoms with van der Waals surface area (Å²) >= 11 is 0. The summed E-state index contributed by atoms with van der Waals surface area (Å²) in [6.07, 6.45) is 2.37. The van der Waals surface area contributed by atoms with Gasteiger partial charge in [-0.2, -0.15) is 0 Å². The molecule has 11 heteroatoms. The molecular weight excluding hydrogens is 376 g/mol. The zero-order valence-corrected chi connectivity index (χ0v) is 16.2. The number of hydrogen-bond donors (Lipinski definition) is 2. The number of ether oxygens (including phenoxy) is 1. The third kappa shape index (κ3) is 3.73. The molecule has 0 saturated carbocycles. The van der Waals surface area contributed by atoms with Crippen molar-refractivity contribution in [2.24, 2.45) is 0 Å². The summed E-state index contributed by atoms with van der Waals surface area (Å²) in [4.78, 5) is 38.5. The summed E-state index contributed by atoms with van der Waals surface area (Å²) in [5.74, 6) is -0.812. The van der Waals surface area contributed by atoms with Crippen LogP contribution in [0.2, 0.25) is 0 Å². The molecule has 3 aliphatic heterocycles. The Morgan fingerprint density at radius 3 is 2.74 bits per heavy atom. The minimum Gasteiger partial charge on any atom is -0.463 e. The Morgan fingerprint density at radius 2 is 2.04 bits per heavy atom. The van der Waals surface area contributed by atoms with E-state index in [0.29, 0.717) is 13.0 Å². The Morgan fingerprint density at radius 1 is 1.30 bits per heavy atom. The van der Waals surface area contributed by atoms with E-state index in [4.69, 9.17) is 4.74 Å². The minimum absolute atomic E-state index is 0.0667. The van der Waals surface area contributed by atoms with Crippen molar-refractivity contribution in [3.63, 3.8) is 0 Å². The van der Waals surface area contributed by atoms with Gasteiger partial charge in [-0.3, -0.25) is 0 Å². The Hall–Kier alpha value is -2.30. The Kier molecular flexibility index (Phi) is 5.31. The van der Waals surface area contributed by atoms with Crippen LogP contribution in [0, 0.1) is 0 Å². The molecule has 4 amide bonds. The van der Waals surface area contributed by atoms with Gasteiger partial charge in [0.05, 0.1) is 36.2 Å². The van der Waals surface area contributed by atoms with Gasteiger partial charge in [-0.15, -0.1) is 0 Å². The summed E-state index contributed by atoms with van der Waals surface area (Å²) in [5.41, 5.74) is 0.178. The van der Waals surface area contributed by atoms with Crippen molar-refractivity contribution < 1.29 is 27.5 Å². The maximum atomic E-state index is 12.8. The number of urea groups is 2. The molecule has 2 atom stereocenters. The van der Waals surface area contributed by atoms with Crippen LogP contribution in [0.3, 0.4) is 0 Å². The Bertz CT molecular complexity index is 793. The second-order valence-corrected chi connectivity index (χ2v) is 8.78. The van der Waals surface area contributed by atoms with E-state index in [1.165, 1.54) is 0 Å². The lowest BCUT2D eigenvalue weighted by Gasteiger charge is -2.43. The third-order valence-corrected chi connectivity index (χ3v) is 6.76. The van der Waals surface area contributed by atoms with Crippen LogP contribution in [-0.2, 0) is 19.6 Å². The number of esters is 1. The summed E-state index contributed by atoms with van der Waals surface area (Å²) in [6.45, 7) is 3.47. The summed E-state index contributed by atoms with van der Waals surface area (Å²) in [6, 6.07) is -2.16. The van der Waals surface area contributed by atoms with E-state index in [9.17, 15) is 22.8 Å². The zero-order chi connectivity index (χ0) is 19.8. The van der Waals surface area contributed by atoms with Gasteiger partial charge in [0.1, 0.15) is 0 Å². The topological polar surface area (TPSA) is 125 Å². The monoisotopic (exact) mass is 400 g/mol. The molecule has 150 valence electrons. The van der Waals surface area contributed by atoms with Crippen molar-refractivity contribution in [2.45, 2.75) is 45.2 Å². The number of hydrogen-bond acceptors (Lipinski definition) is 6. The number of piperidine rings is 1. The molecule has 2 fully saturated rings. The Labute approximate surface area is 157 Å². The third-order valence-electron chi connectivity index (χ3n) is 4.99. The van der Waals surface area contributed by atoms with E-state index < -0.39 is 40.6 Å². The van der Waals surface area contributed by atoms with Gasteiger partial charge in [0.25, 0.3) is 0 Å². The van der Waals surface area contributed by atoms with Gasteiger partial charge in [0, 0.05) is 12.6 Å². The molecule has 0 bridgehead atoms. The van der Waals surface area contributed by atoms with Crippen LogP contribution in [-0.4, -0.2) is 73.2 Å². The molecule has 0 radical (unpaired) electrons. The molecule has 0 aromatic carbocycles. The molecular formula is C16H24N4O6S. The summed E-state index contributed by atoms with van der Waals surface area (Å²) in [5, 5.41) is 5.01. The number of sulfonamides is 1. The van der Waals surface area contributed by atoms with Crippen molar-refractivity contribution in [3.05, 3.63) is 11.3 Å². The molecule has 2 saturated heterocycles. The molecule has 0 aromatic heterocycles. The number of nitrogens with one attached hydrogen (secondary N) is 2. The summed E-state index contributed by atoms with van der Waals surface area (Å²) in [7, 11) is -3.85. The lowest BCUT2D eigenvalue weighted by atomic mass is 10.0. The second kappa shape index (κ2) is 7.37. The molecule has 2 unspecified atom stereocenters. The van der Waals surface area contributed by atoms with Gasteiger partial charge in [0.2, 0.25) is 10.0 Å². The lowest BCUT2D eigenvalue weighted by Crippen LogP contribution is -2.61. The van der Waals surface area contributed by atoms with Crippen molar-refractivity contribution in [1.29, 1.82) is 0 Å². The number of amides is 4. The highest BCUT2D eigenvalue weighted by Crippen LogP contribution is 2.28. The SMILES string of the molecule is CCOC(=O)C1=C(CN2C(=O)N3CCCCC3CS2(=O)=O)NC(=O)NC1C. The standard InChI is InChI=1S/C16H24N4O6S/c1-3-26-14(21)13-10(2)17-15(22)18-12(13)8-20-16(23)19-7-5-4-6-11(19)9-27(20,24)25/h10-11H,3-9H2,1-2H3,(H2,17,18,22). The fourth-order valence-electron chi connectivity index (χ4n) is 3.73. The fourth-order valence-corrected chi connectivity index (χ4v) is 5.42. The minimum atomic E-state index is -3.85. The Balaban J connectivity index is 1.94. The molecule has 3 rings (SSSR count). The van der Waals surface area contributed by atoms with Gasteiger partial charge in [-0.1, -0.05) is 0 Å². The molecule has 0 spiro atoms. The highest BCUT2D eigenvalue weighted by atomic mass is 32.2. The van der Waals surface area contributed by atoms with Crippen LogP contribution in [0.4, 0.5) is 9.59 Å². The maximum absolute atomic E-state index is 12.8. The van der Waals surface area contributed by atoms with Crippen LogP contribution >= 0.6 is 0 Å². The first kappa shape index (κ1) is 19.5. The van der Waals surface area contributed by atoms with Crippen LogP contribution < -0.4 is 10.6 Å². The predicted molar refractivity (Wildman–Crippen MR) is 95.0 cm³/mol. The number of carbonyl (C=O) groups is 3. The van der Waals surface area contributed by atoms with Crippen LogP contribution in [0.1, 0.15) is 33.1 Å². The number of carbonyl (C=O) groups excluding carboxylic acids is 3. The highest BCUT2D eigenvalue weighted by Gasteiger charge is 2.44. The normalized spacial score (nSPS) is 27.6. The molecule has 2 N–H and O–H groups in total. The average Bonchev–Trinajstić information content (AvgIpc) is 2.57. The van der Waals surface area contributed by atoms with Crippen molar-refractivity contribution in [1.82, 2.24) is 19.8 Å². The van der Waals surface area contributed by atoms with E-state index in [1.807, 2.05) is 0 Å². The largest absolute Gasteiger partial charge is 0.463 e. The van der Waals surface area contributed by atoms with Gasteiger partial charge < -0.3 is 20.3 Å². The highest BCUT2D eigenvalue weighted by molar-refractivity contribution is 7.89. The van der Waals surface area contributed by atoms with Crippen LogP contribution in [0.25, 0.3) is 0 Å². The lowest BCUT2D eigenvalue weighted by molar-refractivity contribution is -0.139. The molecule has 27 heavy (non-hydrogen) atoms. The van der Waals surface area contributed by atoms with Gasteiger partial charge >= 0.3 is 18.0 Å². The maximum Gasteiger partial charge on any atom is 0.337 e. The van der Waals surface area contributed by atoms with Crippen LogP contribution in [0.15, 0.2) is 11.3 Å². The van der Waals surface area contributed by atoms with Crippen molar-refractivity contribution in [3.8, 4) is 0 Å². The van der Waals surface area contributed by atoms with Gasteiger partial charge in [-0.05, 0) is 33.1 Å². The van der Waals surface area contributed by atoms with E-state index in [-0.39, 0.29) is 29.7 Å². The van der Waals surface area contributed by atoms with E-state index >= 15 is 0 Å². The molecule has 3 aliphatic rings. The quantitative estimate of drug-likeness (QED) is 0.646. The van der Waals surface area contributed by atoms with Crippen LogP contribution in [0.5, 0.6) is 0 Å². The van der Waals surface area contributed by atoms with Crippen molar-refractivity contribution >= 4 is 28.1 Å². The first-order valence-electron chi connectivity index (χ1n) is 9.03. The predicted octanol–water partition coefficient (Wildman–Crippen LogP) is 0.125. The van der Waals surface area contributed by atoms with Crippen molar-refractivity contribution in [2.75, 3.05) is 25.4 Å². The van der Waals surface area contributed by atoms with Gasteiger partial charge in [0.15, 0.2) is 0 Å². The zero-order valence-electron chi connectivity index (χ0n) is 15.4. The molecule has 0 aliphatic carbocycles. The first-order chi connectivity index (χ1) is 12.7. The molecule has 0 aromatic rings.